The number of rotatable bonds is 4. The third kappa shape index (κ3) is 5.26. The molecule has 0 bridgehead atoms. The van der Waals surface area contributed by atoms with Crippen molar-refractivity contribution in [3.8, 4) is 0 Å². The second kappa shape index (κ2) is 6.24. The van der Waals surface area contributed by atoms with Gasteiger partial charge >= 0.3 is 0 Å². The Balaban J connectivity index is 3.57. The first-order chi connectivity index (χ1) is 4.81. The second-order valence-corrected chi connectivity index (χ2v) is 1.77. The average molecular weight is 144 g/mol. The molecule has 0 aromatic rings. The molecule has 0 unspecified atom stereocenters. The Labute approximate surface area is 59.6 Å². The van der Waals surface area contributed by atoms with Gasteiger partial charge in [0.15, 0.2) is 0 Å². The lowest BCUT2D eigenvalue weighted by molar-refractivity contribution is 0.474. The molecule has 0 aliphatic carbocycles. The van der Waals surface area contributed by atoms with Gasteiger partial charge in [-0.25, -0.2) is 4.39 Å². The number of allylic oxidation sites excluding steroid dienone is 3. The third-order valence-electron chi connectivity index (χ3n) is 0.917. The summed E-state index contributed by atoms with van der Waals surface area (Å²) in [4.78, 5) is 0. The van der Waals surface area contributed by atoms with Crippen LogP contribution in [0.25, 0.3) is 0 Å². The minimum Gasteiger partial charge on any atom is -0.251 e. The van der Waals surface area contributed by atoms with E-state index in [0.717, 1.165) is 6.08 Å². The highest BCUT2D eigenvalue weighted by Crippen LogP contribution is 2.01. The molecule has 10 heavy (non-hydrogen) atoms. The molecule has 0 spiro atoms. The van der Waals surface area contributed by atoms with Crippen LogP contribution in [0.3, 0.4) is 0 Å². The molecule has 0 nitrogen and oxygen atoms in total. The van der Waals surface area contributed by atoms with Crippen molar-refractivity contribution in [1.82, 2.24) is 0 Å². The van der Waals surface area contributed by atoms with E-state index in [9.17, 15) is 8.78 Å². The molecular formula is C8H10F2. The smallest absolute Gasteiger partial charge is 0.126 e. The zero-order chi connectivity index (χ0) is 7.82. The number of hydrogen-bond donors (Lipinski definition) is 0. The predicted molar refractivity (Wildman–Crippen MR) is 38.1 cm³/mol. The first-order valence-corrected chi connectivity index (χ1v) is 3.08. The minimum absolute atomic E-state index is 0.373. The lowest BCUT2D eigenvalue weighted by atomic mass is 10.3. The molecule has 0 heterocycles. The standard InChI is InChI=1S/C8H10F2/c1-2-5-8(10)6-3-4-7-9/h5-6H,1,3-4,7H2. The summed E-state index contributed by atoms with van der Waals surface area (Å²) in [5.74, 6) is -0.400. The van der Waals surface area contributed by atoms with Gasteiger partial charge in [0.2, 0.25) is 0 Å². The summed E-state index contributed by atoms with van der Waals surface area (Å²) in [7, 11) is 0. The van der Waals surface area contributed by atoms with Crippen LogP contribution in [0.15, 0.2) is 30.3 Å². The molecule has 0 radical (unpaired) electrons. The summed E-state index contributed by atoms with van der Waals surface area (Å²) in [6.07, 6.45) is 3.24. The molecular weight excluding hydrogens is 134 g/mol. The van der Waals surface area contributed by atoms with Crippen molar-refractivity contribution < 1.29 is 8.78 Å². The summed E-state index contributed by atoms with van der Waals surface area (Å²) >= 11 is 0. The van der Waals surface area contributed by atoms with Gasteiger partial charge < -0.3 is 0 Å². The molecule has 0 amide bonds. The molecule has 0 saturated heterocycles. The highest BCUT2D eigenvalue weighted by atomic mass is 19.1. The van der Waals surface area contributed by atoms with Crippen molar-refractivity contribution in [3.05, 3.63) is 30.3 Å². The van der Waals surface area contributed by atoms with Crippen LogP contribution in [-0.2, 0) is 0 Å². The largest absolute Gasteiger partial charge is 0.251 e. The maximum atomic E-state index is 12.3. The van der Waals surface area contributed by atoms with Crippen molar-refractivity contribution in [2.45, 2.75) is 12.8 Å². The number of hydrogen-bond acceptors (Lipinski definition) is 0. The monoisotopic (exact) mass is 144 g/mol. The Morgan fingerprint density at radius 1 is 1.60 bits per heavy atom. The molecule has 56 valence electrons. The molecule has 0 atom stereocenters. The van der Waals surface area contributed by atoms with Crippen LogP contribution < -0.4 is 0 Å². The fraction of sp³-hybridized carbons (Fsp3) is 0.375. The van der Waals surface area contributed by atoms with Crippen molar-refractivity contribution in [2.24, 2.45) is 0 Å². The molecule has 0 aromatic carbocycles. The zero-order valence-electron chi connectivity index (χ0n) is 5.74. The van der Waals surface area contributed by atoms with Gasteiger partial charge in [0.25, 0.3) is 0 Å². The Hall–Kier alpha value is -0.880. The van der Waals surface area contributed by atoms with Crippen LogP contribution in [0.5, 0.6) is 0 Å². The van der Waals surface area contributed by atoms with Crippen LogP contribution in [0, 0.1) is 0 Å². The highest BCUT2D eigenvalue weighted by Gasteiger charge is 1.85. The van der Waals surface area contributed by atoms with Crippen molar-refractivity contribution in [1.29, 1.82) is 0 Å². The maximum absolute atomic E-state index is 12.3. The van der Waals surface area contributed by atoms with Crippen molar-refractivity contribution in [3.63, 3.8) is 0 Å². The maximum Gasteiger partial charge on any atom is 0.126 e. The SMILES string of the molecule is C=C=CC(F)=CCCCF. The number of unbranched alkanes of at least 4 members (excludes halogenated alkanes) is 1. The topological polar surface area (TPSA) is 0 Å². The normalized spacial score (nSPS) is 10.8. The van der Waals surface area contributed by atoms with Gasteiger partial charge in [-0.15, -0.1) is 5.73 Å². The fourth-order valence-corrected chi connectivity index (χ4v) is 0.474. The van der Waals surface area contributed by atoms with Crippen LogP contribution in [0.4, 0.5) is 8.78 Å². The molecule has 0 fully saturated rings. The van der Waals surface area contributed by atoms with E-state index in [0.29, 0.717) is 12.8 Å². The zero-order valence-corrected chi connectivity index (χ0v) is 5.74. The molecule has 0 saturated carbocycles. The molecule has 0 rings (SSSR count). The van der Waals surface area contributed by atoms with E-state index in [1.807, 2.05) is 0 Å². The van der Waals surface area contributed by atoms with E-state index >= 15 is 0 Å². The van der Waals surface area contributed by atoms with Crippen molar-refractivity contribution in [2.75, 3.05) is 6.67 Å². The third-order valence-corrected chi connectivity index (χ3v) is 0.917. The van der Waals surface area contributed by atoms with E-state index in [1.165, 1.54) is 6.08 Å². The van der Waals surface area contributed by atoms with Gasteiger partial charge in [0.05, 0.1) is 6.67 Å². The molecule has 0 aliphatic rings. The van der Waals surface area contributed by atoms with E-state index in [1.54, 1.807) is 0 Å². The summed E-state index contributed by atoms with van der Waals surface area (Å²) in [6.45, 7) is 2.79. The highest BCUT2D eigenvalue weighted by molar-refractivity contribution is 5.08. The quantitative estimate of drug-likeness (QED) is 0.323. The fourth-order valence-electron chi connectivity index (χ4n) is 0.474. The van der Waals surface area contributed by atoms with Gasteiger partial charge in [-0.05, 0) is 18.9 Å². The van der Waals surface area contributed by atoms with Gasteiger partial charge in [-0.3, -0.25) is 4.39 Å². The second-order valence-electron chi connectivity index (χ2n) is 1.77. The lowest BCUT2D eigenvalue weighted by Gasteiger charge is -1.85. The Bertz CT molecular complexity index is 153. The number of alkyl halides is 1. The van der Waals surface area contributed by atoms with Crippen molar-refractivity contribution >= 4 is 0 Å². The van der Waals surface area contributed by atoms with E-state index < -0.39 is 12.5 Å². The van der Waals surface area contributed by atoms with Gasteiger partial charge in [0.1, 0.15) is 5.83 Å². The summed E-state index contributed by atoms with van der Waals surface area (Å²) in [6, 6.07) is 0. The van der Waals surface area contributed by atoms with Crippen LogP contribution >= 0.6 is 0 Å². The Morgan fingerprint density at radius 3 is 2.80 bits per heavy atom. The first kappa shape index (κ1) is 9.12. The first-order valence-electron chi connectivity index (χ1n) is 3.08. The van der Waals surface area contributed by atoms with E-state index in [2.05, 4.69) is 12.3 Å². The summed E-state index contributed by atoms with van der Waals surface area (Å²) < 4.78 is 23.7. The van der Waals surface area contributed by atoms with Crippen LogP contribution in [0.2, 0.25) is 0 Å². The molecule has 0 N–H and O–H groups in total. The predicted octanol–water partition coefficient (Wildman–Crippen LogP) is 2.93. The average Bonchev–Trinajstić information content (AvgIpc) is 1.89. The number of halogens is 2. The summed E-state index contributed by atoms with van der Waals surface area (Å²) in [5.41, 5.74) is 2.28. The Morgan fingerprint density at radius 2 is 2.30 bits per heavy atom. The van der Waals surface area contributed by atoms with Gasteiger partial charge in [-0.1, -0.05) is 6.58 Å². The van der Waals surface area contributed by atoms with Crippen LogP contribution in [0.1, 0.15) is 12.8 Å². The lowest BCUT2D eigenvalue weighted by Crippen LogP contribution is -1.73. The molecule has 2 heteroatoms. The van der Waals surface area contributed by atoms with Gasteiger partial charge in [-0.2, -0.15) is 0 Å². The summed E-state index contributed by atoms with van der Waals surface area (Å²) in [5, 5.41) is 0. The van der Waals surface area contributed by atoms with E-state index in [4.69, 9.17) is 0 Å². The molecule has 0 aliphatic heterocycles. The van der Waals surface area contributed by atoms with Gasteiger partial charge in [0, 0.05) is 6.08 Å². The van der Waals surface area contributed by atoms with Crippen LogP contribution in [-0.4, -0.2) is 6.67 Å². The Kier molecular flexibility index (Phi) is 5.69. The molecule has 0 aromatic heterocycles. The van der Waals surface area contributed by atoms with E-state index in [-0.39, 0.29) is 0 Å². The minimum atomic E-state index is -0.401.